The van der Waals surface area contributed by atoms with E-state index in [9.17, 15) is 4.79 Å². The molecule has 22 heavy (non-hydrogen) atoms. The van der Waals surface area contributed by atoms with E-state index in [1.165, 1.54) is 16.7 Å². The third kappa shape index (κ3) is 3.38. The van der Waals surface area contributed by atoms with Gasteiger partial charge in [0.05, 0.1) is 6.04 Å². The maximum atomic E-state index is 12.6. The van der Waals surface area contributed by atoms with Gasteiger partial charge in [0.2, 0.25) is 0 Å². The van der Waals surface area contributed by atoms with E-state index < -0.39 is 0 Å². The van der Waals surface area contributed by atoms with E-state index in [0.717, 1.165) is 22.3 Å². The summed E-state index contributed by atoms with van der Waals surface area (Å²) in [4.78, 5) is 12.6. The standard InChI is InChI=1S/C20H25NO/c1-12-7-8-18(10-14(12)3)17(6)21-20(22)19-11-15(4)13(2)9-16(19)5/h7-11,17H,1-6H3,(H,21,22)/t17-/m1/s1. The number of amides is 1. The average molecular weight is 295 g/mol. The number of benzene rings is 2. The highest BCUT2D eigenvalue weighted by atomic mass is 16.1. The van der Waals surface area contributed by atoms with Crippen molar-refractivity contribution >= 4 is 5.91 Å². The van der Waals surface area contributed by atoms with Gasteiger partial charge in [0.1, 0.15) is 0 Å². The van der Waals surface area contributed by atoms with Crippen molar-refractivity contribution in [2.75, 3.05) is 0 Å². The molecule has 2 nitrogen and oxygen atoms in total. The molecular formula is C20H25NO. The van der Waals surface area contributed by atoms with E-state index >= 15 is 0 Å². The summed E-state index contributed by atoms with van der Waals surface area (Å²) < 4.78 is 0. The molecule has 116 valence electrons. The zero-order chi connectivity index (χ0) is 16.4. The Morgan fingerprint density at radius 2 is 1.41 bits per heavy atom. The van der Waals surface area contributed by atoms with Gasteiger partial charge in [0, 0.05) is 5.56 Å². The molecule has 1 atom stereocenters. The SMILES string of the molecule is Cc1ccc([C@@H](C)NC(=O)c2cc(C)c(C)cc2C)cc1C. The Labute approximate surface area is 133 Å². The highest BCUT2D eigenvalue weighted by Crippen LogP contribution is 2.19. The van der Waals surface area contributed by atoms with Gasteiger partial charge in [-0.1, -0.05) is 24.3 Å². The highest BCUT2D eigenvalue weighted by Gasteiger charge is 2.14. The molecule has 2 aromatic carbocycles. The second-order valence-electron chi connectivity index (χ2n) is 6.29. The summed E-state index contributed by atoms with van der Waals surface area (Å²) in [6.45, 7) is 12.3. The molecule has 0 aliphatic carbocycles. The molecular weight excluding hydrogens is 270 g/mol. The number of rotatable bonds is 3. The fourth-order valence-corrected chi connectivity index (χ4v) is 2.60. The van der Waals surface area contributed by atoms with E-state index in [1.54, 1.807) is 0 Å². The topological polar surface area (TPSA) is 29.1 Å². The summed E-state index contributed by atoms with van der Waals surface area (Å²) in [6, 6.07) is 10.4. The van der Waals surface area contributed by atoms with Crippen LogP contribution in [0.15, 0.2) is 30.3 Å². The summed E-state index contributed by atoms with van der Waals surface area (Å²) in [5, 5.41) is 3.11. The van der Waals surface area contributed by atoms with Gasteiger partial charge in [0.25, 0.3) is 5.91 Å². The molecule has 0 spiro atoms. The van der Waals surface area contributed by atoms with E-state index in [4.69, 9.17) is 0 Å². The Bertz CT molecular complexity index is 716. The molecule has 1 N–H and O–H groups in total. The van der Waals surface area contributed by atoms with Crippen molar-refractivity contribution in [3.8, 4) is 0 Å². The van der Waals surface area contributed by atoms with Crippen LogP contribution >= 0.6 is 0 Å². The van der Waals surface area contributed by atoms with Gasteiger partial charge < -0.3 is 5.32 Å². The molecule has 2 heteroatoms. The van der Waals surface area contributed by atoms with Crippen molar-refractivity contribution in [1.82, 2.24) is 5.32 Å². The fraction of sp³-hybridized carbons (Fsp3) is 0.350. The zero-order valence-electron chi connectivity index (χ0n) is 14.4. The van der Waals surface area contributed by atoms with Crippen molar-refractivity contribution < 1.29 is 4.79 Å². The Balaban J connectivity index is 2.21. The van der Waals surface area contributed by atoms with Gasteiger partial charge in [-0.2, -0.15) is 0 Å². The molecule has 0 aromatic heterocycles. The lowest BCUT2D eigenvalue weighted by Crippen LogP contribution is -2.27. The number of hydrogen-bond donors (Lipinski definition) is 1. The van der Waals surface area contributed by atoms with Crippen LogP contribution in [0.5, 0.6) is 0 Å². The van der Waals surface area contributed by atoms with Crippen LogP contribution in [-0.4, -0.2) is 5.91 Å². The first-order chi connectivity index (χ1) is 10.3. The first kappa shape index (κ1) is 16.3. The smallest absolute Gasteiger partial charge is 0.252 e. The Kier molecular flexibility index (Phi) is 4.70. The maximum absolute atomic E-state index is 12.6. The highest BCUT2D eigenvalue weighted by molar-refractivity contribution is 5.96. The molecule has 0 saturated carbocycles. The number of nitrogens with one attached hydrogen (secondary N) is 1. The molecule has 1 amide bonds. The maximum Gasteiger partial charge on any atom is 0.252 e. The van der Waals surface area contributed by atoms with Crippen LogP contribution in [-0.2, 0) is 0 Å². The molecule has 2 aromatic rings. The minimum Gasteiger partial charge on any atom is -0.346 e. The quantitative estimate of drug-likeness (QED) is 0.872. The van der Waals surface area contributed by atoms with Crippen LogP contribution in [0.25, 0.3) is 0 Å². The monoisotopic (exact) mass is 295 g/mol. The fourth-order valence-electron chi connectivity index (χ4n) is 2.60. The van der Waals surface area contributed by atoms with Gasteiger partial charge in [-0.15, -0.1) is 0 Å². The Morgan fingerprint density at radius 3 is 2.05 bits per heavy atom. The number of hydrogen-bond acceptors (Lipinski definition) is 1. The molecule has 0 bridgehead atoms. The van der Waals surface area contributed by atoms with Crippen LogP contribution in [0.1, 0.15) is 56.7 Å². The number of carbonyl (C=O) groups is 1. The van der Waals surface area contributed by atoms with Gasteiger partial charge in [0.15, 0.2) is 0 Å². The van der Waals surface area contributed by atoms with Gasteiger partial charge in [-0.05, 0) is 81.0 Å². The van der Waals surface area contributed by atoms with Crippen molar-refractivity contribution in [3.63, 3.8) is 0 Å². The average Bonchev–Trinajstić information content (AvgIpc) is 2.45. The third-order valence-corrected chi connectivity index (χ3v) is 4.46. The zero-order valence-corrected chi connectivity index (χ0v) is 14.4. The summed E-state index contributed by atoms with van der Waals surface area (Å²) in [5.41, 5.74) is 7.81. The second kappa shape index (κ2) is 6.35. The second-order valence-corrected chi connectivity index (χ2v) is 6.29. The van der Waals surface area contributed by atoms with Crippen LogP contribution in [0, 0.1) is 34.6 Å². The van der Waals surface area contributed by atoms with Crippen molar-refractivity contribution in [2.45, 2.75) is 47.6 Å². The third-order valence-electron chi connectivity index (χ3n) is 4.46. The van der Waals surface area contributed by atoms with Crippen LogP contribution < -0.4 is 5.32 Å². The summed E-state index contributed by atoms with van der Waals surface area (Å²) in [7, 11) is 0. The lowest BCUT2D eigenvalue weighted by atomic mass is 9.99. The molecule has 0 saturated heterocycles. The van der Waals surface area contributed by atoms with E-state index in [1.807, 2.05) is 26.8 Å². The lowest BCUT2D eigenvalue weighted by molar-refractivity contribution is 0.0939. The van der Waals surface area contributed by atoms with Crippen LogP contribution in [0.4, 0.5) is 0 Å². The minimum atomic E-state index is -0.00803. The number of carbonyl (C=O) groups excluding carboxylic acids is 1. The number of aryl methyl sites for hydroxylation is 5. The first-order valence-electron chi connectivity index (χ1n) is 7.75. The predicted octanol–water partition coefficient (Wildman–Crippen LogP) is 4.72. The van der Waals surface area contributed by atoms with Gasteiger partial charge in [-0.25, -0.2) is 0 Å². The van der Waals surface area contributed by atoms with Crippen LogP contribution in [0.3, 0.4) is 0 Å². The molecule has 2 rings (SSSR count). The summed E-state index contributed by atoms with van der Waals surface area (Å²) in [6.07, 6.45) is 0. The van der Waals surface area contributed by atoms with E-state index in [-0.39, 0.29) is 11.9 Å². The minimum absolute atomic E-state index is 0.00666. The first-order valence-corrected chi connectivity index (χ1v) is 7.75. The molecule has 0 aliphatic heterocycles. The van der Waals surface area contributed by atoms with E-state index in [2.05, 4.69) is 50.4 Å². The summed E-state index contributed by atoms with van der Waals surface area (Å²) in [5.74, 6) is -0.00803. The molecule has 0 fully saturated rings. The predicted molar refractivity (Wildman–Crippen MR) is 92.5 cm³/mol. The van der Waals surface area contributed by atoms with Crippen molar-refractivity contribution in [1.29, 1.82) is 0 Å². The summed E-state index contributed by atoms with van der Waals surface area (Å²) >= 11 is 0. The Morgan fingerprint density at radius 1 is 0.818 bits per heavy atom. The molecule has 0 radical (unpaired) electrons. The molecule has 0 heterocycles. The van der Waals surface area contributed by atoms with Gasteiger partial charge >= 0.3 is 0 Å². The van der Waals surface area contributed by atoms with Crippen LogP contribution in [0.2, 0.25) is 0 Å². The van der Waals surface area contributed by atoms with Crippen molar-refractivity contribution in [3.05, 3.63) is 69.3 Å². The molecule has 0 aliphatic rings. The molecule has 0 unspecified atom stereocenters. The van der Waals surface area contributed by atoms with Gasteiger partial charge in [-0.3, -0.25) is 4.79 Å². The lowest BCUT2D eigenvalue weighted by Gasteiger charge is -2.17. The largest absolute Gasteiger partial charge is 0.346 e. The van der Waals surface area contributed by atoms with Crippen molar-refractivity contribution in [2.24, 2.45) is 0 Å². The normalized spacial score (nSPS) is 12.1. The van der Waals surface area contributed by atoms with E-state index in [0.29, 0.717) is 0 Å². The Hall–Kier alpha value is -2.09.